The van der Waals surface area contributed by atoms with Crippen molar-refractivity contribution in [3.8, 4) is 11.5 Å². The molecule has 20 heavy (non-hydrogen) atoms. The maximum atomic E-state index is 5.89. The van der Waals surface area contributed by atoms with Crippen LogP contribution in [0.4, 0.5) is 0 Å². The number of nitrogens with two attached hydrogens (primary N) is 1. The molecule has 2 aromatic carbocycles. The highest BCUT2D eigenvalue weighted by Gasteiger charge is 2.09. The molecule has 0 saturated heterocycles. The first-order valence-corrected chi connectivity index (χ1v) is 6.68. The van der Waals surface area contributed by atoms with Gasteiger partial charge in [-0.1, -0.05) is 36.5 Å². The minimum Gasteiger partial charge on any atom is -0.497 e. The molecule has 2 rings (SSSR count). The van der Waals surface area contributed by atoms with E-state index in [-0.39, 0.29) is 0 Å². The molecule has 0 aliphatic carbocycles. The molecule has 3 nitrogen and oxygen atoms in total. The van der Waals surface area contributed by atoms with Crippen LogP contribution < -0.4 is 15.2 Å². The molecule has 0 aliphatic rings. The van der Waals surface area contributed by atoms with Crippen LogP contribution in [0.15, 0.2) is 42.5 Å². The summed E-state index contributed by atoms with van der Waals surface area (Å²) in [4.78, 5) is 0.342. The van der Waals surface area contributed by atoms with Gasteiger partial charge in [0.2, 0.25) is 0 Å². The molecule has 4 heteroatoms. The van der Waals surface area contributed by atoms with E-state index in [9.17, 15) is 0 Å². The molecule has 0 spiro atoms. The van der Waals surface area contributed by atoms with Gasteiger partial charge in [0, 0.05) is 0 Å². The van der Waals surface area contributed by atoms with Gasteiger partial charge in [-0.25, -0.2) is 0 Å². The Morgan fingerprint density at radius 2 is 1.95 bits per heavy atom. The van der Waals surface area contributed by atoms with Gasteiger partial charge in [-0.15, -0.1) is 0 Å². The zero-order valence-electron chi connectivity index (χ0n) is 11.6. The van der Waals surface area contributed by atoms with E-state index in [0.29, 0.717) is 11.6 Å². The van der Waals surface area contributed by atoms with Crippen LogP contribution in [0, 0.1) is 6.92 Å². The van der Waals surface area contributed by atoms with Gasteiger partial charge in [0.1, 0.15) is 23.1 Å². The molecular formula is C16H17NO2S. The van der Waals surface area contributed by atoms with Gasteiger partial charge in [-0.3, -0.25) is 0 Å². The molecule has 2 aromatic rings. The molecule has 0 aliphatic heterocycles. The molecule has 2 N–H and O–H groups in total. The summed E-state index contributed by atoms with van der Waals surface area (Å²) in [6, 6.07) is 13.5. The fourth-order valence-corrected chi connectivity index (χ4v) is 2.12. The van der Waals surface area contributed by atoms with Crippen LogP contribution in [-0.4, -0.2) is 12.1 Å². The Kier molecular flexibility index (Phi) is 4.58. The molecule has 0 fully saturated rings. The van der Waals surface area contributed by atoms with E-state index in [0.717, 1.165) is 28.2 Å². The summed E-state index contributed by atoms with van der Waals surface area (Å²) in [6.45, 7) is 2.42. The Balaban J connectivity index is 2.20. The zero-order valence-corrected chi connectivity index (χ0v) is 12.4. The Morgan fingerprint density at radius 3 is 2.65 bits per heavy atom. The van der Waals surface area contributed by atoms with Gasteiger partial charge >= 0.3 is 0 Å². The first-order chi connectivity index (χ1) is 9.61. The second-order valence-corrected chi connectivity index (χ2v) is 4.90. The summed E-state index contributed by atoms with van der Waals surface area (Å²) in [7, 11) is 1.65. The molecule has 104 valence electrons. The van der Waals surface area contributed by atoms with Crippen molar-refractivity contribution in [1.82, 2.24) is 0 Å². The zero-order chi connectivity index (χ0) is 14.5. The lowest BCUT2D eigenvalue weighted by atomic mass is 10.1. The third kappa shape index (κ3) is 3.27. The lowest BCUT2D eigenvalue weighted by molar-refractivity contribution is 0.302. The quantitative estimate of drug-likeness (QED) is 0.858. The molecule has 0 unspecified atom stereocenters. The number of benzene rings is 2. The SMILES string of the molecule is COc1cccc(COc2c(C)cccc2C(N)=S)c1. The summed E-state index contributed by atoms with van der Waals surface area (Å²) >= 11 is 5.06. The van der Waals surface area contributed by atoms with Gasteiger partial charge in [-0.05, 0) is 36.2 Å². The average molecular weight is 287 g/mol. The average Bonchev–Trinajstić information content (AvgIpc) is 2.45. The Labute approximate surface area is 124 Å². The topological polar surface area (TPSA) is 44.5 Å². The van der Waals surface area contributed by atoms with Crippen LogP contribution in [0.25, 0.3) is 0 Å². The van der Waals surface area contributed by atoms with Crippen LogP contribution in [0.1, 0.15) is 16.7 Å². The van der Waals surface area contributed by atoms with Crippen LogP contribution in [0.5, 0.6) is 11.5 Å². The number of hydrogen-bond acceptors (Lipinski definition) is 3. The van der Waals surface area contributed by atoms with Crippen molar-refractivity contribution in [2.75, 3.05) is 7.11 Å². The van der Waals surface area contributed by atoms with E-state index in [2.05, 4.69) is 0 Å². The number of thiocarbonyl (C=S) groups is 1. The highest BCUT2D eigenvalue weighted by Crippen LogP contribution is 2.25. The summed E-state index contributed by atoms with van der Waals surface area (Å²) in [5, 5.41) is 0. The van der Waals surface area contributed by atoms with Gasteiger partial charge < -0.3 is 15.2 Å². The smallest absolute Gasteiger partial charge is 0.132 e. The van der Waals surface area contributed by atoms with Crippen LogP contribution in [0.3, 0.4) is 0 Å². The van der Waals surface area contributed by atoms with Crippen molar-refractivity contribution in [3.05, 3.63) is 59.2 Å². The van der Waals surface area contributed by atoms with Gasteiger partial charge in [-0.2, -0.15) is 0 Å². The molecule has 0 amide bonds. The Hall–Kier alpha value is -2.07. The fourth-order valence-electron chi connectivity index (χ4n) is 1.96. The Morgan fingerprint density at radius 1 is 1.20 bits per heavy atom. The number of para-hydroxylation sites is 1. The number of rotatable bonds is 5. The van der Waals surface area contributed by atoms with Gasteiger partial charge in [0.25, 0.3) is 0 Å². The summed E-state index contributed by atoms with van der Waals surface area (Å²) in [5.74, 6) is 1.55. The highest BCUT2D eigenvalue weighted by atomic mass is 32.1. The lowest BCUT2D eigenvalue weighted by Crippen LogP contribution is -2.12. The predicted molar refractivity (Wildman–Crippen MR) is 84.4 cm³/mol. The van der Waals surface area contributed by atoms with E-state index >= 15 is 0 Å². The van der Waals surface area contributed by atoms with E-state index in [4.69, 9.17) is 27.4 Å². The van der Waals surface area contributed by atoms with Crippen molar-refractivity contribution >= 4 is 17.2 Å². The molecule has 0 heterocycles. The number of aryl methyl sites for hydroxylation is 1. The third-order valence-corrected chi connectivity index (χ3v) is 3.21. The largest absolute Gasteiger partial charge is 0.497 e. The van der Waals surface area contributed by atoms with Crippen LogP contribution >= 0.6 is 12.2 Å². The highest BCUT2D eigenvalue weighted by molar-refractivity contribution is 7.80. The normalized spacial score (nSPS) is 10.1. The van der Waals surface area contributed by atoms with Crippen LogP contribution in [0.2, 0.25) is 0 Å². The van der Waals surface area contributed by atoms with Crippen molar-refractivity contribution in [2.45, 2.75) is 13.5 Å². The van der Waals surface area contributed by atoms with Crippen molar-refractivity contribution < 1.29 is 9.47 Å². The maximum absolute atomic E-state index is 5.89. The predicted octanol–water partition coefficient (Wildman–Crippen LogP) is 3.22. The number of hydrogen-bond donors (Lipinski definition) is 1. The monoisotopic (exact) mass is 287 g/mol. The first-order valence-electron chi connectivity index (χ1n) is 6.27. The van der Waals surface area contributed by atoms with Crippen molar-refractivity contribution in [1.29, 1.82) is 0 Å². The molecule has 0 atom stereocenters. The van der Waals surface area contributed by atoms with E-state index < -0.39 is 0 Å². The maximum Gasteiger partial charge on any atom is 0.132 e. The third-order valence-electron chi connectivity index (χ3n) is 2.99. The van der Waals surface area contributed by atoms with Crippen molar-refractivity contribution in [2.24, 2.45) is 5.73 Å². The molecule has 0 saturated carbocycles. The Bertz CT molecular complexity index is 626. The van der Waals surface area contributed by atoms with E-state index in [1.54, 1.807) is 7.11 Å². The summed E-state index contributed by atoms with van der Waals surface area (Å²) < 4.78 is 11.1. The van der Waals surface area contributed by atoms with Gasteiger partial charge in [0.05, 0.1) is 12.7 Å². The second kappa shape index (κ2) is 6.39. The molecule has 0 aromatic heterocycles. The lowest BCUT2D eigenvalue weighted by Gasteiger charge is -2.13. The summed E-state index contributed by atoms with van der Waals surface area (Å²) in [5.41, 5.74) is 8.54. The first kappa shape index (κ1) is 14.3. The second-order valence-electron chi connectivity index (χ2n) is 4.46. The fraction of sp³-hybridized carbons (Fsp3) is 0.188. The molecular weight excluding hydrogens is 270 g/mol. The minimum atomic E-state index is 0.342. The van der Waals surface area contributed by atoms with E-state index in [1.165, 1.54) is 0 Å². The van der Waals surface area contributed by atoms with Crippen molar-refractivity contribution in [3.63, 3.8) is 0 Å². The standard InChI is InChI=1S/C16H17NO2S/c1-11-5-3-8-14(16(17)20)15(11)19-10-12-6-4-7-13(9-12)18-2/h3-9H,10H2,1-2H3,(H2,17,20). The number of ether oxygens (including phenoxy) is 2. The molecule has 0 bridgehead atoms. The summed E-state index contributed by atoms with van der Waals surface area (Å²) in [6.07, 6.45) is 0. The van der Waals surface area contributed by atoms with E-state index in [1.807, 2.05) is 49.4 Å². The van der Waals surface area contributed by atoms with Crippen LogP contribution in [-0.2, 0) is 6.61 Å². The molecule has 0 radical (unpaired) electrons. The minimum absolute atomic E-state index is 0.342. The van der Waals surface area contributed by atoms with Gasteiger partial charge in [0.15, 0.2) is 0 Å². The number of methoxy groups -OCH3 is 1.